The van der Waals surface area contributed by atoms with Gasteiger partial charge in [0.1, 0.15) is 0 Å². The molecule has 2 fully saturated rings. The molecule has 178 valence electrons. The molecule has 0 radical (unpaired) electrons. The number of amides is 1. The van der Waals surface area contributed by atoms with Gasteiger partial charge in [0.15, 0.2) is 5.65 Å². The molecule has 1 saturated carbocycles. The number of aromatic nitrogens is 3. The van der Waals surface area contributed by atoms with Crippen molar-refractivity contribution in [1.29, 1.82) is 0 Å². The van der Waals surface area contributed by atoms with Crippen molar-refractivity contribution in [2.45, 2.75) is 52.1 Å². The number of fused-ring (bicyclic) bond motifs is 1. The highest BCUT2D eigenvalue weighted by Gasteiger charge is 2.30. The Hall–Kier alpha value is -3.26. The Morgan fingerprint density at radius 2 is 1.91 bits per heavy atom. The van der Waals surface area contributed by atoms with Gasteiger partial charge < -0.3 is 4.90 Å². The highest BCUT2D eigenvalue weighted by molar-refractivity contribution is 6.05. The number of H-pyrrole nitrogens is 1. The van der Waals surface area contributed by atoms with Crippen molar-refractivity contribution in [2.75, 3.05) is 26.2 Å². The summed E-state index contributed by atoms with van der Waals surface area (Å²) in [5.74, 6) is 0.142. The molecule has 1 aliphatic carbocycles. The summed E-state index contributed by atoms with van der Waals surface area (Å²) in [4.78, 5) is 50.3. The second-order valence-corrected chi connectivity index (χ2v) is 9.42. The van der Waals surface area contributed by atoms with Gasteiger partial charge >= 0.3 is 5.69 Å². The van der Waals surface area contributed by atoms with Crippen LogP contribution in [0.3, 0.4) is 0 Å². The first kappa shape index (κ1) is 22.5. The topological polar surface area (TPSA) is 91.3 Å². The Labute approximate surface area is 198 Å². The van der Waals surface area contributed by atoms with E-state index >= 15 is 0 Å². The summed E-state index contributed by atoms with van der Waals surface area (Å²) in [7, 11) is 0. The normalized spacial score (nSPS) is 17.2. The van der Waals surface area contributed by atoms with E-state index in [2.05, 4.69) is 46.1 Å². The Balaban J connectivity index is 1.46. The summed E-state index contributed by atoms with van der Waals surface area (Å²) < 4.78 is 1.45. The van der Waals surface area contributed by atoms with E-state index in [9.17, 15) is 14.4 Å². The molecule has 0 bridgehead atoms. The lowest BCUT2D eigenvalue weighted by atomic mass is 10.1. The molecule has 8 heteroatoms. The summed E-state index contributed by atoms with van der Waals surface area (Å²) in [5, 5.41) is 0.219. The largest absolute Gasteiger partial charge is 0.337 e. The number of benzene rings is 1. The average Bonchev–Trinajstić information content (AvgIpc) is 3.68. The molecule has 2 aromatic heterocycles. The van der Waals surface area contributed by atoms with E-state index in [1.807, 2.05) is 11.8 Å². The summed E-state index contributed by atoms with van der Waals surface area (Å²) in [6.45, 7) is 8.12. The van der Waals surface area contributed by atoms with Crippen molar-refractivity contribution < 1.29 is 4.79 Å². The smallest absolute Gasteiger partial charge is 0.329 e. The molecule has 5 rings (SSSR count). The maximum Gasteiger partial charge on any atom is 0.329 e. The van der Waals surface area contributed by atoms with Gasteiger partial charge in [-0.25, -0.2) is 9.78 Å². The zero-order chi connectivity index (χ0) is 23.8. The standard InChI is InChI=1S/C26H31N5O3/c1-3-31-23-22(24(32)28-26(31)34)20(15-21(27-23)18-9-10-18)25(33)30-12-6-11-29(13-14-30)16-19-8-5-4-7-17(19)2/h4-5,7-8,15,18H,3,6,9-14,16H2,1-2H3,(H,28,32,34). The first-order valence-corrected chi connectivity index (χ1v) is 12.2. The van der Waals surface area contributed by atoms with E-state index in [4.69, 9.17) is 0 Å². The van der Waals surface area contributed by atoms with Gasteiger partial charge in [-0.05, 0) is 50.3 Å². The number of hydrogen-bond donors (Lipinski definition) is 1. The Bertz CT molecular complexity index is 1350. The van der Waals surface area contributed by atoms with E-state index < -0.39 is 11.2 Å². The molecule has 0 atom stereocenters. The molecular weight excluding hydrogens is 430 g/mol. The zero-order valence-corrected chi connectivity index (χ0v) is 19.8. The number of rotatable bonds is 5. The fourth-order valence-corrected chi connectivity index (χ4v) is 4.87. The Morgan fingerprint density at radius 1 is 1.12 bits per heavy atom. The second kappa shape index (κ2) is 9.18. The first-order valence-electron chi connectivity index (χ1n) is 12.2. The van der Waals surface area contributed by atoms with Crippen molar-refractivity contribution >= 4 is 16.9 Å². The number of hydrogen-bond acceptors (Lipinski definition) is 5. The predicted molar refractivity (Wildman–Crippen MR) is 131 cm³/mol. The van der Waals surface area contributed by atoms with Crippen molar-refractivity contribution in [3.05, 3.63) is 73.6 Å². The maximum absolute atomic E-state index is 13.8. The lowest BCUT2D eigenvalue weighted by Crippen LogP contribution is -2.37. The summed E-state index contributed by atoms with van der Waals surface area (Å²) in [6, 6.07) is 10.2. The minimum Gasteiger partial charge on any atom is -0.337 e. The summed E-state index contributed by atoms with van der Waals surface area (Å²) in [5.41, 5.74) is 3.04. The number of aryl methyl sites for hydroxylation is 2. The predicted octanol–water partition coefficient (Wildman–Crippen LogP) is 2.64. The minimum atomic E-state index is -0.543. The molecule has 0 spiro atoms. The van der Waals surface area contributed by atoms with Gasteiger partial charge in [0.25, 0.3) is 11.5 Å². The lowest BCUT2D eigenvalue weighted by Gasteiger charge is -2.23. The molecule has 2 aliphatic rings. The molecule has 3 heterocycles. The van der Waals surface area contributed by atoms with Crippen LogP contribution in [0, 0.1) is 6.92 Å². The molecule has 3 aromatic rings. The summed E-state index contributed by atoms with van der Waals surface area (Å²) >= 11 is 0. The molecule has 34 heavy (non-hydrogen) atoms. The fraction of sp³-hybridized carbons (Fsp3) is 0.462. The van der Waals surface area contributed by atoms with E-state index in [1.165, 1.54) is 15.7 Å². The van der Waals surface area contributed by atoms with Gasteiger partial charge in [-0.3, -0.25) is 24.0 Å². The number of aromatic amines is 1. The third-order valence-corrected chi connectivity index (χ3v) is 7.04. The van der Waals surface area contributed by atoms with Crippen LogP contribution in [0.25, 0.3) is 11.0 Å². The zero-order valence-electron chi connectivity index (χ0n) is 19.8. The molecule has 1 amide bonds. The van der Waals surface area contributed by atoms with Gasteiger partial charge in [-0.2, -0.15) is 0 Å². The van der Waals surface area contributed by atoms with Crippen molar-refractivity contribution in [3.63, 3.8) is 0 Å². The van der Waals surface area contributed by atoms with Crippen LogP contribution in [0.1, 0.15) is 59.3 Å². The number of pyridine rings is 1. The van der Waals surface area contributed by atoms with Gasteiger partial charge in [-0.1, -0.05) is 24.3 Å². The highest BCUT2D eigenvalue weighted by Crippen LogP contribution is 2.40. The maximum atomic E-state index is 13.8. The number of carbonyl (C=O) groups is 1. The van der Waals surface area contributed by atoms with Crippen molar-refractivity contribution in [1.82, 2.24) is 24.3 Å². The number of nitrogens with zero attached hydrogens (tertiary/aromatic N) is 4. The van der Waals surface area contributed by atoms with E-state index in [-0.39, 0.29) is 11.3 Å². The molecule has 0 unspecified atom stereocenters. The van der Waals surface area contributed by atoms with Gasteiger partial charge in [0.2, 0.25) is 0 Å². The third kappa shape index (κ3) is 4.30. The fourth-order valence-electron chi connectivity index (χ4n) is 4.87. The van der Waals surface area contributed by atoms with Crippen LogP contribution < -0.4 is 11.2 Å². The molecule has 8 nitrogen and oxygen atoms in total. The SMILES string of the molecule is CCn1c(=O)[nH]c(=O)c2c(C(=O)N3CCCN(Cc4ccccc4C)CC3)cc(C3CC3)nc21. The van der Waals surface area contributed by atoms with Crippen LogP contribution >= 0.6 is 0 Å². The second-order valence-electron chi connectivity index (χ2n) is 9.42. The third-order valence-electron chi connectivity index (χ3n) is 7.04. The van der Waals surface area contributed by atoms with Crippen LogP contribution in [0.15, 0.2) is 39.9 Å². The quantitative estimate of drug-likeness (QED) is 0.631. The van der Waals surface area contributed by atoms with E-state index in [0.29, 0.717) is 36.8 Å². The van der Waals surface area contributed by atoms with Gasteiger partial charge in [-0.15, -0.1) is 0 Å². The van der Waals surface area contributed by atoms with Crippen LogP contribution in [-0.4, -0.2) is 56.4 Å². The van der Waals surface area contributed by atoms with Crippen LogP contribution in [-0.2, 0) is 13.1 Å². The monoisotopic (exact) mass is 461 g/mol. The van der Waals surface area contributed by atoms with Gasteiger partial charge in [0.05, 0.1) is 10.9 Å². The molecule has 1 saturated heterocycles. The molecule has 1 aliphatic heterocycles. The molecular formula is C26H31N5O3. The first-order chi connectivity index (χ1) is 16.5. The minimum absolute atomic E-state index is 0.154. The van der Waals surface area contributed by atoms with E-state index in [1.54, 1.807) is 6.07 Å². The molecule has 1 aromatic carbocycles. The van der Waals surface area contributed by atoms with Gasteiger partial charge in [0, 0.05) is 50.9 Å². The van der Waals surface area contributed by atoms with Crippen molar-refractivity contribution in [3.8, 4) is 0 Å². The lowest BCUT2D eigenvalue weighted by molar-refractivity contribution is 0.0762. The summed E-state index contributed by atoms with van der Waals surface area (Å²) in [6.07, 6.45) is 2.90. The Morgan fingerprint density at radius 3 is 2.65 bits per heavy atom. The highest BCUT2D eigenvalue weighted by atomic mass is 16.2. The average molecular weight is 462 g/mol. The number of nitrogens with one attached hydrogen (secondary N) is 1. The molecule has 1 N–H and O–H groups in total. The van der Waals surface area contributed by atoms with Crippen molar-refractivity contribution in [2.24, 2.45) is 0 Å². The van der Waals surface area contributed by atoms with Crippen LogP contribution in [0.4, 0.5) is 0 Å². The van der Waals surface area contributed by atoms with Crippen LogP contribution in [0.5, 0.6) is 0 Å². The number of carbonyl (C=O) groups excluding carboxylic acids is 1. The Kier molecular flexibility index (Phi) is 6.08. The van der Waals surface area contributed by atoms with Crippen LogP contribution in [0.2, 0.25) is 0 Å². The van der Waals surface area contributed by atoms with E-state index in [0.717, 1.165) is 44.6 Å².